The van der Waals surface area contributed by atoms with E-state index in [2.05, 4.69) is 45.8 Å². The highest BCUT2D eigenvalue weighted by atomic mass is 15.0. The molecule has 0 bridgehead atoms. The highest BCUT2D eigenvalue weighted by Crippen LogP contribution is 2.18. The van der Waals surface area contributed by atoms with Gasteiger partial charge in [-0.3, -0.25) is 0 Å². The first kappa shape index (κ1) is 14.2. The van der Waals surface area contributed by atoms with Crippen molar-refractivity contribution >= 4 is 0 Å². The molecule has 0 aliphatic rings. The first-order valence-electron chi connectivity index (χ1n) is 5.57. The molecule has 1 nitrogen and oxygen atoms in total. The molecule has 1 N–H and O–H groups in total. The Labute approximate surface area is 95.0 Å². The number of rotatable bonds is 7. The van der Waals surface area contributed by atoms with E-state index in [-0.39, 0.29) is 5.54 Å². The Hall–Kier alpha value is -0.820. The molecule has 1 heteroatoms. The van der Waals surface area contributed by atoms with Crippen LogP contribution in [0.15, 0.2) is 37.0 Å². The molecule has 0 rings (SSSR count). The van der Waals surface area contributed by atoms with Crippen LogP contribution in [-0.2, 0) is 0 Å². The molecule has 0 aromatic heterocycles. The van der Waals surface area contributed by atoms with Gasteiger partial charge in [-0.05, 0) is 33.6 Å². The Bertz CT molecular complexity index is 248. The zero-order valence-electron chi connectivity index (χ0n) is 10.7. The third-order valence-corrected chi connectivity index (χ3v) is 2.95. The van der Waals surface area contributed by atoms with E-state index in [1.54, 1.807) is 0 Å². The van der Waals surface area contributed by atoms with Gasteiger partial charge in [-0.25, -0.2) is 0 Å². The Morgan fingerprint density at radius 1 is 1.40 bits per heavy atom. The minimum atomic E-state index is -0.0498. The minimum Gasteiger partial charge on any atom is -0.301 e. The van der Waals surface area contributed by atoms with E-state index in [1.807, 2.05) is 13.0 Å². The first-order valence-corrected chi connectivity index (χ1v) is 5.57. The van der Waals surface area contributed by atoms with Crippen molar-refractivity contribution < 1.29 is 0 Å². The first-order chi connectivity index (χ1) is 6.85. The quantitative estimate of drug-likeness (QED) is 0.625. The van der Waals surface area contributed by atoms with Crippen molar-refractivity contribution in [2.75, 3.05) is 0 Å². The van der Waals surface area contributed by atoms with Crippen LogP contribution >= 0.6 is 0 Å². The second-order valence-electron chi connectivity index (χ2n) is 4.64. The Kier molecular flexibility index (Phi) is 5.59. The van der Waals surface area contributed by atoms with E-state index in [1.165, 1.54) is 5.57 Å². The van der Waals surface area contributed by atoms with Gasteiger partial charge in [0, 0.05) is 11.6 Å². The summed E-state index contributed by atoms with van der Waals surface area (Å²) in [5.41, 5.74) is 2.32. The van der Waals surface area contributed by atoms with Crippen molar-refractivity contribution in [3.8, 4) is 0 Å². The van der Waals surface area contributed by atoms with Crippen molar-refractivity contribution in [3.05, 3.63) is 37.0 Å². The summed E-state index contributed by atoms with van der Waals surface area (Å²) in [5.74, 6) is 0. The van der Waals surface area contributed by atoms with Crippen molar-refractivity contribution in [2.24, 2.45) is 0 Å². The van der Waals surface area contributed by atoms with Gasteiger partial charge in [-0.15, -0.1) is 6.58 Å². The Morgan fingerprint density at radius 3 is 2.27 bits per heavy atom. The fourth-order valence-corrected chi connectivity index (χ4v) is 1.30. The molecule has 0 spiro atoms. The third-order valence-electron chi connectivity index (χ3n) is 2.95. The Balaban J connectivity index is 4.60. The SMILES string of the molecule is C=CCC(NC(C)(C)C(=C)C)C(=C)CC. The van der Waals surface area contributed by atoms with Crippen LogP contribution in [0.1, 0.15) is 40.5 Å². The molecule has 0 aromatic carbocycles. The molecule has 0 amide bonds. The fraction of sp³-hybridized carbons (Fsp3) is 0.571. The van der Waals surface area contributed by atoms with E-state index >= 15 is 0 Å². The van der Waals surface area contributed by atoms with Crippen LogP contribution in [0.25, 0.3) is 0 Å². The van der Waals surface area contributed by atoms with Gasteiger partial charge in [-0.2, -0.15) is 0 Å². The predicted molar refractivity (Wildman–Crippen MR) is 70.1 cm³/mol. The predicted octanol–water partition coefficient (Wildman–Crippen LogP) is 3.84. The number of nitrogens with one attached hydrogen (secondary N) is 1. The van der Waals surface area contributed by atoms with E-state index < -0.39 is 0 Å². The smallest absolute Gasteiger partial charge is 0.0336 e. The highest BCUT2D eigenvalue weighted by Gasteiger charge is 2.22. The van der Waals surface area contributed by atoms with E-state index in [0.29, 0.717) is 6.04 Å². The van der Waals surface area contributed by atoms with Gasteiger partial charge in [0.25, 0.3) is 0 Å². The van der Waals surface area contributed by atoms with Gasteiger partial charge in [0.05, 0.1) is 0 Å². The van der Waals surface area contributed by atoms with Gasteiger partial charge < -0.3 is 5.32 Å². The molecule has 1 unspecified atom stereocenters. The van der Waals surface area contributed by atoms with E-state index in [4.69, 9.17) is 0 Å². The van der Waals surface area contributed by atoms with Crippen LogP contribution in [0.4, 0.5) is 0 Å². The summed E-state index contributed by atoms with van der Waals surface area (Å²) in [6.07, 6.45) is 3.86. The summed E-state index contributed by atoms with van der Waals surface area (Å²) in [5, 5.41) is 3.57. The van der Waals surface area contributed by atoms with Crippen molar-refractivity contribution in [3.63, 3.8) is 0 Å². The summed E-state index contributed by atoms with van der Waals surface area (Å²) < 4.78 is 0. The lowest BCUT2D eigenvalue weighted by atomic mass is 9.92. The number of hydrogen-bond acceptors (Lipinski definition) is 1. The molecular formula is C14H25N. The average Bonchev–Trinajstić information content (AvgIpc) is 2.15. The zero-order valence-corrected chi connectivity index (χ0v) is 10.7. The van der Waals surface area contributed by atoms with Gasteiger partial charge in [0.2, 0.25) is 0 Å². The molecule has 0 aromatic rings. The monoisotopic (exact) mass is 207 g/mol. The maximum Gasteiger partial charge on any atom is 0.0336 e. The third kappa shape index (κ3) is 4.48. The average molecular weight is 207 g/mol. The summed E-state index contributed by atoms with van der Waals surface area (Å²) in [6.45, 7) is 20.4. The normalized spacial score (nSPS) is 13.3. The molecule has 0 saturated heterocycles. The highest BCUT2D eigenvalue weighted by molar-refractivity contribution is 5.15. The summed E-state index contributed by atoms with van der Waals surface area (Å²) in [7, 11) is 0. The van der Waals surface area contributed by atoms with Gasteiger partial charge in [0.15, 0.2) is 0 Å². The van der Waals surface area contributed by atoms with E-state index in [9.17, 15) is 0 Å². The van der Waals surface area contributed by atoms with Gasteiger partial charge in [0.1, 0.15) is 0 Å². The molecule has 0 fully saturated rings. The van der Waals surface area contributed by atoms with Crippen molar-refractivity contribution in [1.82, 2.24) is 5.32 Å². The molecule has 0 heterocycles. The maximum atomic E-state index is 4.10. The molecule has 0 saturated carbocycles. The second kappa shape index (κ2) is 5.92. The van der Waals surface area contributed by atoms with Crippen LogP contribution < -0.4 is 5.32 Å². The largest absolute Gasteiger partial charge is 0.301 e. The lowest BCUT2D eigenvalue weighted by Gasteiger charge is -2.33. The molecule has 0 aliphatic heterocycles. The van der Waals surface area contributed by atoms with E-state index in [0.717, 1.165) is 18.4 Å². The summed E-state index contributed by atoms with van der Waals surface area (Å²) >= 11 is 0. The van der Waals surface area contributed by atoms with Crippen LogP contribution in [0, 0.1) is 0 Å². The summed E-state index contributed by atoms with van der Waals surface area (Å²) in [6, 6.07) is 0.305. The fourth-order valence-electron chi connectivity index (χ4n) is 1.30. The molecule has 86 valence electrons. The molecule has 15 heavy (non-hydrogen) atoms. The zero-order chi connectivity index (χ0) is 12.1. The van der Waals surface area contributed by atoms with Crippen LogP contribution in [0.3, 0.4) is 0 Å². The molecule has 1 atom stereocenters. The Morgan fingerprint density at radius 2 is 1.93 bits per heavy atom. The maximum absolute atomic E-state index is 4.10. The minimum absolute atomic E-state index is 0.0498. The number of hydrogen-bond donors (Lipinski definition) is 1. The lowest BCUT2D eigenvalue weighted by molar-refractivity contribution is 0.401. The standard InChI is InChI=1S/C14H25N/c1-8-10-13(12(5)9-2)15-14(6,7)11(3)4/h8,13,15H,1,3,5,9-10H2,2,4,6-7H3. The molecular weight excluding hydrogens is 182 g/mol. The van der Waals surface area contributed by atoms with Crippen LogP contribution in [-0.4, -0.2) is 11.6 Å². The second-order valence-corrected chi connectivity index (χ2v) is 4.64. The van der Waals surface area contributed by atoms with Crippen molar-refractivity contribution in [1.29, 1.82) is 0 Å². The summed E-state index contributed by atoms with van der Waals surface area (Å²) in [4.78, 5) is 0. The molecule has 0 radical (unpaired) electrons. The van der Waals surface area contributed by atoms with Crippen molar-refractivity contribution in [2.45, 2.75) is 52.1 Å². The van der Waals surface area contributed by atoms with Gasteiger partial charge in [-0.1, -0.05) is 37.3 Å². The topological polar surface area (TPSA) is 12.0 Å². The van der Waals surface area contributed by atoms with Crippen LogP contribution in [0.5, 0.6) is 0 Å². The lowest BCUT2D eigenvalue weighted by Crippen LogP contribution is -2.47. The van der Waals surface area contributed by atoms with Gasteiger partial charge >= 0.3 is 0 Å². The molecule has 0 aliphatic carbocycles. The van der Waals surface area contributed by atoms with Crippen LogP contribution in [0.2, 0.25) is 0 Å².